The van der Waals surface area contributed by atoms with Gasteiger partial charge in [0, 0.05) is 18.2 Å². The van der Waals surface area contributed by atoms with Crippen LogP contribution in [0.15, 0.2) is 48.5 Å². The molecule has 1 heterocycles. The average Bonchev–Trinajstić information content (AvgIpc) is 3.58. The highest BCUT2D eigenvalue weighted by Crippen LogP contribution is 2.43. The van der Waals surface area contributed by atoms with Crippen LogP contribution >= 0.6 is 11.6 Å². The third-order valence-corrected chi connectivity index (χ3v) is 6.28. The molecule has 28 heavy (non-hydrogen) atoms. The van der Waals surface area contributed by atoms with Gasteiger partial charge in [0.15, 0.2) is 0 Å². The largest absolute Gasteiger partial charge is 0.497 e. The number of halogens is 1. The topological polar surface area (TPSA) is 47.6 Å². The molecule has 1 atom stereocenters. The zero-order valence-corrected chi connectivity index (χ0v) is 16.9. The van der Waals surface area contributed by atoms with Gasteiger partial charge in [0.05, 0.1) is 18.6 Å². The molecule has 1 amide bonds. The molecule has 2 aromatic carbocycles. The second-order valence-electron chi connectivity index (χ2n) is 7.76. The predicted molar refractivity (Wildman–Crippen MR) is 110 cm³/mol. The average molecular weight is 400 g/mol. The fourth-order valence-corrected chi connectivity index (χ4v) is 4.26. The highest BCUT2D eigenvalue weighted by Gasteiger charge is 2.44. The van der Waals surface area contributed by atoms with Gasteiger partial charge in [-0.05, 0) is 67.0 Å². The van der Waals surface area contributed by atoms with E-state index in [1.165, 1.54) is 0 Å². The number of hydrogen-bond acceptors (Lipinski definition) is 3. The van der Waals surface area contributed by atoms with Crippen molar-refractivity contribution in [1.29, 1.82) is 0 Å². The van der Waals surface area contributed by atoms with E-state index in [9.17, 15) is 4.79 Å². The molecule has 0 radical (unpaired) electrons. The molecule has 4 nitrogen and oxygen atoms in total. The summed E-state index contributed by atoms with van der Waals surface area (Å²) in [6, 6.07) is 15.7. The number of benzene rings is 2. The molecule has 2 aromatic rings. The Morgan fingerprint density at radius 1 is 1.11 bits per heavy atom. The van der Waals surface area contributed by atoms with Crippen molar-refractivity contribution in [2.24, 2.45) is 5.92 Å². The molecule has 1 saturated heterocycles. The first-order chi connectivity index (χ1) is 13.6. The second-order valence-corrected chi connectivity index (χ2v) is 8.20. The summed E-state index contributed by atoms with van der Waals surface area (Å²) in [6.07, 6.45) is 3.66. The Morgan fingerprint density at radius 2 is 1.75 bits per heavy atom. The first-order valence-corrected chi connectivity index (χ1v) is 10.3. The van der Waals surface area contributed by atoms with Crippen LogP contribution in [0, 0.1) is 5.92 Å². The van der Waals surface area contributed by atoms with Crippen molar-refractivity contribution >= 4 is 17.5 Å². The van der Waals surface area contributed by atoms with E-state index in [2.05, 4.69) is 17.4 Å². The van der Waals surface area contributed by atoms with Gasteiger partial charge in [-0.25, -0.2) is 0 Å². The number of rotatable bonds is 6. The maximum atomic E-state index is 13.6. The SMILES string of the molecule is COc1ccc([C@@H](NC(=O)C2(c3ccc(Cl)cc3)CCOCC2)C2CC2)cc1. The zero-order chi connectivity index (χ0) is 19.6. The second kappa shape index (κ2) is 8.14. The van der Waals surface area contributed by atoms with Crippen LogP contribution in [-0.4, -0.2) is 26.2 Å². The first-order valence-electron chi connectivity index (χ1n) is 9.91. The first kappa shape index (κ1) is 19.3. The summed E-state index contributed by atoms with van der Waals surface area (Å²) in [5.41, 5.74) is 1.58. The fraction of sp³-hybridized carbons (Fsp3) is 0.435. The van der Waals surface area contributed by atoms with Crippen LogP contribution in [0.5, 0.6) is 5.75 Å². The Hall–Kier alpha value is -2.04. The Balaban J connectivity index is 1.61. The highest BCUT2D eigenvalue weighted by atomic mass is 35.5. The fourth-order valence-electron chi connectivity index (χ4n) is 4.13. The third-order valence-electron chi connectivity index (χ3n) is 6.03. The van der Waals surface area contributed by atoms with E-state index in [4.69, 9.17) is 21.1 Å². The van der Waals surface area contributed by atoms with E-state index in [1.54, 1.807) is 7.11 Å². The minimum Gasteiger partial charge on any atom is -0.497 e. The highest BCUT2D eigenvalue weighted by molar-refractivity contribution is 6.30. The number of nitrogens with one attached hydrogen (secondary N) is 1. The van der Waals surface area contributed by atoms with Crippen LogP contribution in [0.4, 0.5) is 0 Å². The summed E-state index contributed by atoms with van der Waals surface area (Å²) in [5.74, 6) is 1.41. The van der Waals surface area contributed by atoms with Gasteiger partial charge in [-0.3, -0.25) is 4.79 Å². The van der Waals surface area contributed by atoms with Gasteiger partial charge in [-0.2, -0.15) is 0 Å². The monoisotopic (exact) mass is 399 g/mol. The molecule has 5 heteroatoms. The van der Waals surface area contributed by atoms with Crippen molar-refractivity contribution in [1.82, 2.24) is 5.32 Å². The molecule has 0 unspecified atom stereocenters. The van der Waals surface area contributed by atoms with Crippen LogP contribution in [0.3, 0.4) is 0 Å². The van der Waals surface area contributed by atoms with Crippen LogP contribution in [0.25, 0.3) is 0 Å². The molecule has 1 aliphatic carbocycles. The maximum absolute atomic E-state index is 13.6. The van der Waals surface area contributed by atoms with Crippen LogP contribution in [-0.2, 0) is 14.9 Å². The number of carbonyl (C=O) groups is 1. The number of ether oxygens (including phenoxy) is 2. The third kappa shape index (κ3) is 3.89. The summed E-state index contributed by atoms with van der Waals surface area (Å²) in [7, 11) is 1.66. The number of amides is 1. The summed E-state index contributed by atoms with van der Waals surface area (Å²) < 4.78 is 10.8. The molecule has 0 bridgehead atoms. The van der Waals surface area contributed by atoms with Crippen molar-refractivity contribution in [3.8, 4) is 5.75 Å². The number of hydrogen-bond donors (Lipinski definition) is 1. The van der Waals surface area contributed by atoms with Crippen molar-refractivity contribution in [2.75, 3.05) is 20.3 Å². The molecule has 1 aliphatic heterocycles. The maximum Gasteiger partial charge on any atom is 0.231 e. The Bertz CT molecular complexity index is 809. The lowest BCUT2D eigenvalue weighted by Gasteiger charge is -2.37. The molecule has 4 rings (SSSR count). The lowest BCUT2D eigenvalue weighted by molar-refractivity contribution is -0.131. The van der Waals surface area contributed by atoms with E-state index in [-0.39, 0.29) is 11.9 Å². The van der Waals surface area contributed by atoms with E-state index in [1.807, 2.05) is 36.4 Å². The van der Waals surface area contributed by atoms with Gasteiger partial charge in [-0.1, -0.05) is 35.9 Å². The molecular formula is C23H26ClNO3. The normalized spacial score (nSPS) is 19.6. The summed E-state index contributed by atoms with van der Waals surface area (Å²) >= 11 is 6.08. The smallest absolute Gasteiger partial charge is 0.231 e. The van der Waals surface area contributed by atoms with E-state index >= 15 is 0 Å². The molecular weight excluding hydrogens is 374 g/mol. The van der Waals surface area contributed by atoms with E-state index in [0.717, 1.165) is 29.7 Å². The quantitative estimate of drug-likeness (QED) is 0.768. The summed E-state index contributed by atoms with van der Waals surface area (Å²) in [6.45, 7) is 1.18. The standard InChI is InChI=1S/C23H26ClNO3/c1-27-20-10-4-17(5-11-20)21(16-2-3-16)25-22(26)23(12-14-28-15-13-23)18-6-8-19(24)9-7-18/h4-11,16,21H,2-3,12-15H2,1H3,(H,25,26)/t21-/m0/s1. The van der Waals surface area contributed by atoms with E-state index < -0.39 is 5.41 Å². The van der Waals surface area contributed by atoms with Crippen molar-refractivity contribution in [3.05, 3.63) is 64.7 Å². The molecule has 1 N–H and O–H groups in total. The molecule has 148 valence electrons. The van der Waals surface area contributed by atoms with Gasteiger partial charge in [0.2, 0.25) is 5.91 Å². The van der Waals surface area contributed by atoms with Gasteiger partial charge < -0.3 is 14.8 Å². The lowest BCUT2D eigenvalue weighted by Crippen LogP contribution is -2.49. The Labute approximate surface area is 171 Å². The molecule has 2 aliphatic rings. The van der Waals surface area contributed by atoms with Gasteiger partial charge >= 0.3 is 0 Å². The minimum atomic E-state index is -0.567. The number of carbonyl (C=O) groups excluding carboxylic acids is 1. The van der Waals surface area contributed by atoms with Gasteiger partial charge in [0.25, 0.3) is 0 Å². The Kier molecular flexibility index (Phi) is 5.61. The minimum absolute atomic E-state index is 0.0328. The Morgan fingerprint density at radius 3 is 2.32 bits per heavy atom. The molecule has 0 aromatic heterocycles. The lowest BCUT2D eigenvalue weighted by atomic mass is 9.73. The molecule has 1 saturated carbocycles. The van der Waals surface area contributed by atoms with Crippen molar-refractivity contribution in [3.63, 3.8) is 0 Å². The van der Waals surface area contributed by atoms with Crippen LogP contribution < -0.4 is 10.1 Å². The van der Waals surface area contributed by atoms with Crippen LogP contribution in [0.2, 0.25) is 5.02 Å². The van der Waals surface area contributed by atoms with E-state index in [0.29, 0.717) is 37.0 Å². The zero-order valence-electron chi connectivity index (χ0n) is 16.1. The van der Waals surface area contributed by atoms with Crippen molar-refractivity contribution in [2.45, 2.75) is 37.1 Å². The van der Waals surface area contributed by atoms with Crippen LogP contribution in [0.1, 0.15) is 42.9 Å². The van der Waals surface area contributed by atoms with Gasteiger partial charge in [0.1, 0.15) is 5.75 Å². The number of methoxy groups -OCH3 is 1. The summed E-state index contributed by atoms with van der Waals surface area (Å²) in [4.78, 5) is 13.6. The van der Waals surface area contributed by atoms with Gasteiger partial charge in [-0.15, -0.1) is 0 Å². The predicted octanol–water partition coefficient (Wildman–Crippen LogP) is 4.66. The molecule has 2 fully saturated rings. The molecule has 0 spiro atoms. The summed E-state index contributed by atoms with van der Waals surface area (Å²) in [5, 5.41) is 4.07. The van der Waals surface area contributed by atoms with Crippen molar-refractivity contribution < 1.29 is 14.3 Å².